The zero-order valence-electron chi connectivity index (χ0n) is 20.2. The van der Waals surface area contributed by atoms with Gasteiger partial charge in [-0.05, 0) is 61.6 Å². The zero-order valence-corrected chi connectivity index (χ0v) is 20.2. The summed E-state index contributed by atoms with van der Waals surface area (Å²) in [7, 11) is 0. The Morgan fingerprint density at radius 1 is 0.562 bits per heavy atom. The molecule has 0 atom stereocenters. The molecule has 0 fully saturated rings. The van der Waals surface area contributed by atoms with E-state index >= 15 is 0 Å². The van der Waals surface area contributed by atoms with Crippen molar-refractivity contribution in [2.45, 2.75) is 90.9 Å². The first-order chi connectivity index (χ1) is 15.8. The SMILES string of the molecule is CCCCCCCCCCCCCCOc1ccc(C#CC#Cc2ccc(C)cc2)cc1. The van der Waals surface area contributed by atoms with Gasteiger partial charge in [-0.15, -0.1) is 0 Å². The zero-order chi connectivity index (χ0) is 22.7. The van der Waals surface area contributed by atoms with Crippen molar-refractivity contribution in [3.63, 3.8) is 0 Å². The molecule has 0 bridgehead atoms. The van der Waals surface area contributed by atoms with Crippen LogP contribution in [0.4, 0.5) is 0 Å². The van der Waals surface area contributed by atoms with Crippen molar-refractivity contribution in [3.05, 3.63) is 65.2 Å². The maximum Gasteiger partial charge on any atom is 0.119 e. The fourth-order valence-electron chi connectivity index (χ4n) is 3.61. The molecule has 2 aromatic rings. The summed E-state index contributed by atoms with van der Waals surface area (Å²) < 4.78 is 5.87. The lowest BCUT2D eigenvalue weighted by Crippen LogP contribution is -1.97. The molecule has 0 radical (unpaired) electrons. The van der Waals surface area contributed by atoms with Gasteiger partial charge in [0, 0.05) is 11.1 Å². The Hall–Kier alpha value is -2.64. The lowest BCUT2D eigenvalue weighted by atomic mass is 10.1. The fraction of sp³-hybridized carbons (Fsp3) is 0.484. The minimum atomic E-state index is 0.796. The number of unbranched alkanes of at least 4 members (excludes halogenated alkanes) is 11. The molecule has 170 valence electrons. The molecule has 0 saturated heterocycles. The summed E-state index contributed by atoms with van der Waals surface area (Å²) in [4.78, 5) is 0. The van der Waals surface area contributed by atoms with Gasteiger partial charge in [0.15, 0.2) is 0 Å². The van der Waals surface area contributed by atoms with Crippen molar-refractivity contribution in [1.82, 2.24) is 0 Å². The third-order valence-electron chi connectivity index (χ3n) is 5.65. The van der Waals surface area contributed by atoms with Crippen LogP contribution in [0.5, 0.6) is 5.75 Å². The van der Waals surface area contributed by atoms with E-state index in [0.717, 1.165) is 29.9 Å². The second-order valence-electron chi connectivity index (χ2n) is 8.63. The van der Waals surface area contributed by atoms with Crippen molar-refractivity contribution in [2.75, 3.05) is 6.61 Å². The molecule has 2 rings (SSSR count). The van der Waals surface area contributed by atoms with Crippen LogP contribution >= 0.6 is 0 Å². The standard InChI is InChI=1S/C31H40O/c1-3-4-5-6-7-8-9-10-11-12-13-16-27-32-31-25-23-30(24-26-31)18-15-14-17-29-21-19-28(2)20-22-29/h19-26H,3-13,16,27H2,1-2H3. The average Bonchev–Trinajstić information content (AvgIpc) is 2.82. The van der Waals surface area contributed by atoms with Crippen molar-refractivity contribution in [3.8, 4) is 29.4 Å². The van der Waals surface area contributed by atoms with Gasteiger partial charge < -0.3 is 4.74 Å². The number of rotatable bonds is 14. The van der Waals surface area contributed by atoms with Crippen LogP contribution in [0, 0.1) is 30.6 Å². The van der Waals surface area contributed by atoms with E-state index in [1.54, 1.807) is 0 Å². The molecule has 0 aromatic heterocycles. The van der Waals surface area contributed by atoms with Gasteiger partial charge in [0.2, 0.25) is 0 Å². The fourth-order valence-corrected chi connectivity index (χ4v) is 3.61. The first kappa shape index (κ1) is 25.6. The van der Waals surface area contributed by atoms with Gasteiger partial charge in [0.05, 0.1) is 6.61 Å². The molecule has 32 heavy (non-hydrogen) atoms. The van der Waals surface area contributed by atoms with Crippen LogP contribution in [-0.2, 0) is 0 Å². The molecule has 0 amide bonds. The Bertz CT molecular complexity index is 853. The van der Waals surface area contributed by atoms with Gasteiger partial charge in [0.25, 0.3) is 0 Å². The minimum absolute atomic E-state index is 0.796. The highest BCUT2D eigenvalue weighted by molar-refractivity contribution is 5.45. The highest BCUT2D eigenvalue weighted by Gasteiger charge is 1.96. The van der Waals surface area contributed by atoms with E-state index in [-0.39, 0.29) is 0 Å². The van der Waals surface area contributed by atoms with E-state index < -0.39 is 0 Å². The molecule has 0 N–H and O–H groups in total. The van der Waals surface area contributed by atoms with Crippen LogP contribution in [-0.4, -0.2) is 6.61 Å². The predicted octanol–water partition coefficient (Wildman–Crippen LogP) is 8.48. The predicted molar refractivity (Wildman–Crippen MR) is 138 cm³/mol. The summed E-state index contributed by atoms with van der Waals surface area (Å²) >= 11 is 0. The van der Waals surface area contributed by atoms with E-state index in [0.29, 0.717) is 0 Å². The number of ether oxygens (including phenoxy) is 1. The largest absolute Gasteiger partial charge is 0.494 e. The molecule has 1 heteroatoms. The smallest absolute Gasteiger partial charge is 0.119 e. The summed E-state index contributed by atoms with van der Waals surface area (Å²) in [5.74, 6) is 12.9. The second-order valence-corrected chi connectivity index (χ2v) is 8.63. The number of hydrogen-bond donors (Lipinski definition) is 0. The Kier molecular flexibility index (Phi) is 13.6. The summed E-state index contributed by atoms with van der Waals surface area (Å²) in [6, 6.07) is 16.2. The Balaban J connectivity index is 1.51. The monoisotopic (exact) mass is 428 g/mol. The maximum atomic E-state index is 5.87. The van der Waals surface area contributed by atoms with Crippen LogP contribution in [0.3, 0.4) is 0 Å². The quantitative estimate of drug-likeness (QED) is 0.216. The third kappa shape index (κ3) is 12.3. The maximum absolute atomic E-state index is 5.87. The first-order valence-corrected chi connectivity index (χ1v) is 12.6. The number of benzene rings is 2. The van der Waals surface area contributed by atoms with Crippen LogP contribution in [0.15, 0.2) is 48.5 Å². The first-order valence-electron chi connectivity index (χ1n) is 12.6. The molecule has 0 saturated carbocycles. The van der Waals surface area contributed by atoms with E-state index in [2.05, 4.69) is 49.7 Å². The van der Waals surface area contributed by atoms with Gasteiger partial charge in [-0.3, -0.25) is 0 Å². The van der Waals surface area contributed by atoms with E-state index in [4.69, 9.17) is 4.74 Å². The van der Waals surface area contributed by atoms with Crippen molar-refractivity contribution in [2.24, 2.45) is 0 Å². The van der Waals surface area contributed by atoms with Gasteiger partial charge in [-0.2, -0.15) is 0 Å². The molecule has 0 aliphatic heterocycles. The van der Waals surface area contributed by atoms with Crippen molar-refractivity contribution < 1.29 is 4.74 Å². The average molecular weight is 429 g/mol. The summed E-state index contributed by atoms with van der Waals surface area (Å²) in [5.41, 5.74) is 3.19. The summed E-state index contributed by atoms with van der Waals surface area (Å²) in [6.45, 7) is 5.15. The minimum Gasteiger partial charge on any atom is -0.494 e. The normalized spacial score (nSPS) is 10.1. The molecule has 0 aliphatic rings. The summed E-state index contributed by atoms with van der Waals surface area (Å²) in [6.07, 6.45) is 16.4. The third-order valence-corrected chi connectivity index (χ3v) is 5.65. The van der Waals surface area contributed by atoms with Gasteiger partial charge in [-0.25, -0.2) is 0 Å². The second kappa shape index (κ2) is 17.0. The number of aryl methyl sites for hydroxylation is 1. The molecular weight excluding hydrogens is 388 g/mol. The molecule has 0 aliphatic carbocycles. The Morgan fingerprint density at radius 3 is 1.50 bits per heavy atom. The Morgan fingerprint density at radius 2 is 1.00 bits per heavy atom. The van der Waals surface area contributed by atoms with E-state index in [1.807, 2.05) is 36.4 Å². The Labute approximate surface area is 197 Å². The van der Waals surface area contributed by atoms with Crippen molar-refractivity contribution in [1.29, 1.82) is 0 Å². The van der Waals surface area contributed by atoms with Gasteiger partial charge in [-0.1, -0.05) is 107 Å². The van der Waals surface area contributed by atoms with Crippen molar-refractivity contribution >= 4 is 0 Å². The molecule has 0 heterocycles. The molecule has 0 spiro atoms. The molecule has 2 aromatic carbocycles. The van der Waals surface area contributed by atoms with E-state index in [9.17, 15) is 0 Å². The van der Waals surface area contributed by atoms with Gasteiger partial charge >= 0.3 is 0 Å². The summed E-state index contributed by atoms with van der Waals surface area (Å²) in [5, 5.41) is 0. The van der Waals surface area contributed by atoms with Crippen LogP contribution in [0.25, 0.3) is 0 Å². The topological polar surface area (TPSA) is 9.23 Å². The van der Waals surface area contributed by atoms with Crippen LogP contribution in [0.2, 0.25) is 0 Å². The molecular formula is C31H40O. The number of hydrogen-bond acceptors (Lipinski definition) is 1. The van der Waals surface area contributed by atoms with Crippen LogP contribution < -0.4 is 4.74 Å². The van der Waals surface area contributed by atoms with E-state index in [1.165, 1.54) is 76.2 Å². The highest BCUT2D eigenvalue weighted by atomic mass is 16.5. The molecule has 1 nitrogen and oxygen atoms in total. The van der Waals surface area contributed by atoms with Gasteiger partial charge in [0.1, 0.15) is 5.75 Å². The lowest BCUT2D eigenvalue weighted by molar-refractivity contribution is 0.304. The molecule has 0 unspecified atom stereocenters. The highest BCUT2D eigenvalue weighted by Crippen LogP contribution is 2.14. The van der Waals surface area contributed by atoms with Crippen LogP contribution in [0.1, 0.15) is 101 Å². The lowest BCUT2D eigenvalue weighted by Gasteiger charge is -2.06.